The first kappa shape index (κ1) is 9.86. The molecule has 1 atom stereocenters. The molecule has 78 valence electrons. The van der Waals surface area contributed by atoms with E-state index < -0.39 is 6.10 Å². The van der Waals surface area contributed by atoms with Crippen molar-refractivity contribution in [1.29, 1.82) is 0 Å². The van der Waals surface area contributed by atoms with Crippen molar-refractivity contribution in [2.24, 2.45) is 7.05 Å². The average Bonchev–Trinajstić information content (AvgIpc) is 2.65. The number of nitrogens with zero attached hydrogens (tertiary/aromatic N) is 3. The van der Waals surface area contributed by atoms with Gasteiger partial charge in [0.2, 0.25) is 0 Å². The van der Waals surface area contributed by atoms with Crippen molar-refractivity contribution in [3.63, 3.8) is 0 Å². The lowest BCUT2D eigenvalue weighted by atomic mass is 10.0. The van der Waals surface area contributed by atoms with E-state index in [1.807, 2.05) is 24.6 Å². The van der Waals surface area contributed by atoms with Crippen molar-refractivity contribution in [3.05, 3.63) is 47.8 Å². The predicted octanol–water partition coefficient (Wildman–Crippen LogP) is 1.21. The Kier molecular flexibility index (Phi) is 2.51. The van der Waals surface area contributed by atoms with E-state index in [9.17, 15) is 5.11 Å². The molecule has 0 aliphatic heterocycles. The second kappa shape index (κ2) is 3.82. The molecule has 0 aliphatic rings. The van der Waals surface area contributed by atoms with Gasteiger partial charge < -0.3 is 9.67 Å². The Balaban J connectivity index is 2.36. The van der Waals surface area contributed by atoms with E-state index in [2.05, 4.69) is 9.97 Å². The fourth-order valence-corrected chi connectivity index (χ4v) is 1.50. The molecule has 0 aliphatic carbocycles. The molecule has 0 radical (unpaired) electrons. The maximum Gasteiger partial charge on any atom is 0.124 e. The van der Waals surface area contributed by atoms with Gasteiger partial charge in [0.1, 0.15) is 6.10 Å². The molecule has 4 nitrogen and oxygen atoms in total. The minimum absolute atomic E-state index is 0.647. The van der Waals surface area contributed by atoms with Crippen molar-refractivity contribution in [1.82, 2.24) is 14.5 Å². The molecule has 2 aromatic rings. The van der Waals surface area contributed by atoms with Crippen LogP contribution in [0.4, 0.5) is 0 Å². The summed E-state index contributed by atoms with van der Waals surface area (Å²) in [4.78, 5) is 8.12. The molecule has 0 saturated carbocycles. The minimum Gasteiger partial charge on any atom is -0.382 e. The second-order valence-corrected chi connectivity index (χ2v) is 3.60. The maximum absolute atomic E-state index is 10.1. The van der Waals surface area contributed by atoms with Gasteiger partial charge in [0.25, 0.3) is 0 Å². The third kappa shape index (κ3) is 1.89. The Morgan fingerprint density at radius 2 is 2.27 bits per heavy atom. The highest BCUT2D eigenvalue weighted by molar-refractivity contribution is 5.29. The summed E-state index contributed by atoms with van der Waals surface area (Å²) in [7, 11) is 1.87. The van der Waals surface area contributed by atoms with Crippen molar-refractivity contribution < 1.29 is 5.11 Å². The molecule has 2 aromatic heterocycles. The monoisotopic (exact) mass is 203 g/mol. The highest BCUT2D eigenvalue weighted by atomic mass is 16.3. The summed E-state index contributed by atoms with van der Waals surface area (Å²) in [5, 5.41) is 10.1. The highest BCUT2D eigenvalue weighted by Gasteiger charge is 2.14. The summed E-state index contributed by atoms with van der Waals surface area (Å²) in [6.45, 7) is 1.95. The van der Waals surface area contributed by atoms with E-state index >= 15 is 0 Å². The lowest BCUT2D eigenvalue weighted by Gasteiger charge is -2.10. The first-order valence-corrected chi connectivity index (χ1v) is 4.75. The van der Waals surface area contributed by atoms with Crippen LogP contribution in [0.25, 0.3) is 0 Å². The summed E-state index contributed by atoms with van der Waals surface area (Å²) >= 11 is 0. The normalized spacial score (nSPS) is 12.7. The zero-order valence-corrected chi connectivity index (χ0v) is 8.75. The van der Waals surface area contributed by atoms with Crippen molar-refractivity contribution >= 4 is 0 Å². The van der Waals surface area contributed by atoms with Crippen LogP contribution in [-0.4, -0.2) is 19.6 Å². The Morgan fingerprint density at radius 1 is 1.47 bits per heavy atom. The number of imidazole rings is 1. The highest BCUT2D eigenvalue weighted by Crippen LogP contribution is 2.21. The largest absolute Gasteiger partial charge is 0.382 e. The van der Waals surface area contributed by atoms with E-state index in [0.29, 0.717) is 5.69 Å². The number of pyridine rings is 1. The van der Waals surface area contributed by atoms with Gasteiger partial charge in [-0.1, -0.05) is 0 Å². The Hall–Kier alpha value is -1.68. The van der Waals surface area contributed by atoms with Crippen molar-refractivity contribution in [3.8, 4) is 0 Å². The predicted molar refractivity (Wildman–Crippen MR) is 56.2 cm³/mol. The molecule has 1 unspecified atom stereocenters. The van der Waals surface area contributed by atoms with Gasteiger partial charge in [-0.2, -0.15) is 0 Å². The molecule has 0 amide bonds. The quantitative estimate of drug-likeness (QED) is 0.798. The number of aliphatic hydroxyl groups excluding tert-OH is 1. The molecular formula is C11H13N3O. The van der Waals surface area contributed by atoms with E-state index in [1.54, 1.807) is 24.9 Å². The Morgan fingerprint density at radius 3 is 2.87 bits per heavy atom. The van der Waals surface area contributed by atoms with Gasteiger partial charge in [0, 0.05) is 31.2 Å². The van der Waals surface area contributed by atoms with E-state index in [0.717, 1.165) is 11.1 Å². The van der Waals surface area contributed by atoms with Crippen molar-refractivity contribution in [2.75, 3.05) is 0 Å². The first-order valence-electron chi connectivity index (χ1n) is 4.75. The number of hydrogen-bond donors (Lipinski definition) is 1. The number of aromatic nitrogens is 3. The summed E-state index contributed by atoms with van der Waals surface area (Å²) in [5.41, 5.74) is 2.47. The fraction of sp³-hybridized carbons (Fsp3) is 0.273. The van der Waals surface area contributed by atoms with Crippen LogP contribution in [0.2, 0.25) is 0 Å². The van der Waals surface area contributed by atoms with Gasteiger partial charge in [0.15, 0.2) is 0 Å². The number of hydrogen-bond acceptors (Lipinski definition) is 3. The van der Waals surface area contributed by atoms with Gasteiger partial charge in [-0.3, -0.25) is 4.98 Å². The van der Waals surface area contributed by atoms with Crippen LogP contribution in [0.5, 0.6) is 0 Å². The van der Waals surface area contributed by atoms with Gasteiger partial charge in [-0.25, -0.2) is 4.98 Å². The van der Waals surface area contributed by atoms with E-state index in [1.165, 1.54) is 0 Å². The number of aliphatic hydroxyl groups is 1. The SMILES string of the molecule is Cc1ccncc1C(O)c1cn(C)cn1. The topological polar surface area (TPSA) is 50.9 Å². The molecule has 0 aromatic carbocycles. The summed E-state index contributed by atoms with van der Waals surface area (Å²) in [5.74, 6) is 0. The molecule has 2 heterocycles. The summed E-state index contributed by atoms with van der Waals surface area (Å²) < 4.78 is 1.81. The molecular weight excluding hydrogens is 190 g/mol. The second-order valence-electron chi connectivity index (χ2n) is 3.60. The Bertz CT molecular complexity index is 464. The molecule has 1 N–H and O–H groups in total. The summed E-state index contributed by atoms with van der Waals surface area (Å²) in [6.07, 6.45) is 6.17. The minimum atomic E-state index is -0.695. The molecule has 4 heteroatoms. The molecule has 0 bridgehead atoms. The van der Waals surface area contributed by atoms with Crippen LogP contribution in [0, 0.1) is 6.92 Å². The maximum atomic E-state index is 10.1. The lowest BCUT2D eigenvalue weighted by Crippen LogP contribution is -2.02. The zero-order valence-electron chi connectivity index (χ0n) is 8.75. The third-order valence-corrected chi connectivity index (χ3v) is 2.38. The van der Waals surface area contributed by atoms with E-state index in [-0.39, 0.29) is 0 Å². The number of rotatable bonds is 2. The van der Waals surface area contributed by atoms with Gasteiger partial charge >= 0.3 is 0 Å². The van der Waals surface area contributed by atoms with Crippen LogP contribution in [0.1, 0.15) is 22.9 Å². The molecule has 2 rings (SSSR count). The van der Waals surface area contributed by atoms with Gasteiger partial charge in [-0.05, 0) is 18.6 Å². The lowest BCUT2D eigenvalue weighted by molar-refractivity contribution is 0.214. The van der Waals surface area contributed by atoms with Crippen LogP contribution in [0.3, 0.4) is 0 Å². The van der Waals surface area contributed by atoms with Crippen LogP contribution in [0.15, 0.2) is 31.0 Å². The number of aryl methyl sites for hydroxylation is 2. The van der Waals surface area contributed by atoms with Crippen molar-refractivity contribution in [2.45, 2.75) is 13.0 Å². The van der Waals surface area contributed by atoms with Crippen LogP contribution in [-0.2, 0) is 7.05 Å². The Labute approximate surface area is 88.2 Å². The fourth-order valence-electron chi connectivity index (χ4n) is 1.50. The standard InChI is InChI=1S/C11H13N3O/c1-8-3-4-12-5-9(8)11(15)10-6-14(2)7-13-10/h3-7,11,15H,1-2H3. The zero-order chi connectivity index (χ0) is 10.8. The third-order valence-electron chi connectivity index (χ3n) is 2.38. The first-order chi connectivity index (χ1) is 7.18. The van der Waals surface area contributed by atoms with Crippen LogP contribution < -0.4 is 0 Å². The average molecular weight is 203 g/mol. The van der Waals surface area contributed by atoms with Crippen LogP contribution >= 0.6 is 0 Å². The molecule has 0 saturated heterocycles. The van der Waals surface area contributed by atoms with Gasteiger partial charge in [0.05, 0.1) is 12.0 Å². The molecule has 0 spiro atoms. The van der Waals surface area contributed by atoms with Gasteiger partial charge in [-0.15, -0.1) is 0 Å². The van der Waals surface area contributed by atoms with E-state index in [4.69, 9.17) is 0 Å². The molecule has 15 heavy (non-hydrogen) atoms. The molecule has 0 fully saturated rings. The summed E-state index contributed by atoms with van der Waals surface area (Å²) in [6, 6.07) is 1.88. The smallest absolute Gasteiger partial charge is 0.124 e.